The first-order valence-electron chi connectivity index (χ1n) is 7.33. The van der Waals surface area contributed by atoms with Gasteiger partial charge in [0.1, 0.15) is 0 Å². The second-order valence-corrected chi connectivity index (χ2v) is 5.32. The normalized spacial score (nSPS) is 18.6. The third-order valence-electron chi connectivity index (χ3n) is 3.42. The Balaban J connectivity index is 0.000000297. The van der Waals surface area contributed by atoms with E-state index in [1.54, 1.807) is 0 Å². The molecule has 124 valence electrons. The first kappa shape index (κ1) is 20.7. The number of benzene rings is 1. The molecule has 0 bridgehead atoms. The molecule has 22 heavy (non-hydrogen) atoms. The smallest absolute Gasteiger partial charge is 0.220 e. The van der Waals surface area contributed by atoms with Crippen LogP contribution in [0.2, 0.25) is 0 Å². The molecule has 1 saturated heterocycles. The Kier molecular flexibility index (Phi) is 11.6. The zero-order chi connectivity index (χ0) is 15.5. The summed E-state index contributed by atoms with van der Waals surface area (Å²) in [6.07, 6.45) is 3.03. The second-order valence-electron chi connectivity index (χ2n) is 5.13. The fourth-order valence-electron chi connectivity index (χ4n) is 1.87. The van der Waals surface area contributed by atoms with E-state index >= 15 is 0 Å². The minimum atomic E-state index is 0. The lowest BCUT2D eigenvalue weighted by Gasteiger charge is -1.95. The molecule has 0 aliphatic carbocycles. The number of carbonyl (C=O) groups excluding carboxylic acids is 1. The summed E-state index contributed by atoms with van der Waals surface area (Å²) < 4.78 is 0. The van der Waals surface area contributed by atoms with Gasteiger partial charge in [-0.05, 0) is 37.8 Å². The van der Waals surface area contributed by atoms with Crippen molar-refractivity contribution in [3.05, 3.63) is 30.3 Å². The molecule has 2 N–H and O–H groups in total. The zero-order valence-corrected chi connectivity index (χ0v) is 14.7. The van der Waals surface area contributed by atoms with E-state index in [2.05, 4.69) is 29.0 Å². The van der Waals surface area contributed by atoms with Crippen LogP contribution < -0.4 is 10.2 Å². The number of hydrogen-bond acceptors (Lipinski definition) is 3. The summed E-state index contributed by atoms with van der Waals surface area (Å²) in [6, 6.07) is 9.58. The number of nitrogens with one attached hydrogen (secondary N) is 2. The monoisotopic (exact) mass is 345 g/mol. The number of carbonyl (C=O) groups is 1. The van der Waals surface area contributed by atoms with Crippen molar-refractivity contribution in [2.45, 2.75) is 33.1 Å². The van der Waals surface area contributed by atoms with Crippen LogP contribution in [-0.4, -0.2) is 24.7 Å². The molecule has 1 unspecified atom stereocenters. The highest BCUT2D eigenvalue weighted by Gasteiger charge is 2.09. The summed E-state index contributed by atoms with van der Waals surface area (Å²) in [5.41, 5.74) is 2.26. The van der Waals surface area contributed by atoms with Crippen LogP contribution in [0, 0.1) is 5.92 Å². The Labute approximate surface area is 144 Å². The molecule has 1 amide bonds. The predicted molar refractivity (Wildman–Crippen MR) is 97.2 cm³/mol. The van der Waals surface area contributed by atoms with E-state index in [1.165, 1.54) is 12.1 Å². The molecule has 0 aromatic heterocycles. The van der Waals surface area contributed by atoms with E-state index in [0.29, 0.717) is 0 Å². The van der Waals surface area contributed by atoms with Crippen molar-refractivity contribution in [3.63, 3.8) is 0 Å². The van der Waals surface area contributed by atoms with Crippen molar-refractivity contribution in [2.75, 3.05) is 17.9 Å². The first-order chi connectivity index (χ1) is 10.1. The highest BCUT2D eigenvalue weighted by molar-refractivity contribution is 6.23. The fourth-order valence-corrected chi connectivity index (χ4v) is 1.99. The Morgan fingerprint density at radius 2 is 2.00 bits per heavy atom. The molecule has 1 aromatic rings. The van der Waals surface area contributed by atoms with Gasteiger partial charge in [-0.15, -0.1) is 12.4 Å². The van der Waals surface area contributed by atoms with Crippen molar-refractivity contribution in [2.24, 2.45) is 10.9 Å². The molecule has 1 atom stereocenters. The number of hydrogen-bond donors (Lipinski definition) is 2. The first-order valence-corrected chi connectivity index (χ1v) is 7.70. The van der Waals surface area contributed by atoms with Crippen molar-refractivity contribution < 1.29 is 4.79 Å². The SMILES string of the molecule is CC1=NCCC1C.Cl.ClNc1ccccc1.O=C1CCCN1. The maximum Gasteiger partial charge on any atom is 0.220 e. The van der Waals surface area contributed by atoms with Crippen LogP contribution in [0.1, 0.15) is 33.1 Å². The molecule has 2 aliphatic heterocycles. The van der Waals surface area contributed by atoms with E-state index in [9.17, 15) is 4.79 Å². The van der Waals surface area contributed by atoms with Gasteiger partial charge in [-0.3, -0.25) is 14.6 Å². The number of anilines is 1. The molecule has 6 heteroatoms. The highest BCUT2D eigenvalue weighted by Crippen LogP contribution is 2.11. The van der Waals surface area contributed by atoms with E-state index in [1.807, 2.05) is 30.3 Å². The molecular weight excluding hydrogens is 321 g/mol. The number of nitrogens with zero attached hydrogens (tertiary/aromatic N) is 1. The predicted octanol–water partition coefficient (Wildman–Crippen LogP) is 4.06. The molecule has 2 aliphatic rings. The van der Waals surface area contributed by atoms with Gasteiger partial charge in [0.2, 0.25) is 5.91 Å². The van der Waals surface area contributed by atoms with Crippen LogP contribution in [0.5, 0.6) is 0 Å². The quantitative estimate of drug-likeness (QED) is 0.754. The number of halogens is 2. The second kappa shape index (κ2) is 12.3. The highest BCUT2D eigenvalue weighted by atomic mass is 35.5. The largest absolute Gasteiger partial charge is 0.356 e. The molecular formula is C16H25Cl2N3O. The molecule has 1 fully saturated rings. The number of para-hydroxylation sites is 1. The van der Waals surface area contributed by atoms with Crippen LogP contribution in [0.4, 0.5) is 5.69 Å². The molecule has 0 radical (unpaired) electrons. The minimum Gasteiger partial charge on any atom is -0.356 e. The molecule has 1 aromatic carbocycles. The molecule has 3 rings (SSSR count). The van der Waals surface area contributed by atoms with Crippen molar-refractivity contribution in [1.82, 2.24) is 5.32 Å². The van der Waals surface area contributed by atoms with E-state index in [0.717, 1.165) is 37.5 Å². The van der Waals surface area contributed by atoms with Gasteiger partial charge in [0.25, 0.3) is 0 Å². The van der Waals surface area contributed by atoms with Gasteiger partial charge < -0.3 is 5.32 Å². The third kappa shape index (κ3) is 8.90. The topological polar surface area (TPSA) is 53.5 Å². The van der Waals surface area contributed by atoms with Crippen molar-refractivity contribution >= 4 is 41.5 Å². The van der Waals surface area contributed by atoms with Crippen LogP contribution >= 0.6 is 24.2 Å². The van der Waals surface area contributed by atoms with Gasteiger partial charge >= 0.3 is 0 Å². The summed E-state index contributed by atoms with van der Waals surface area (Å²) >= 11 is 5.28. The summed E-state index contributed by atoms with van der Waals surface area (Å²) in [6.45, 7) is 6.29. The van der Waals surface area contributed by atoms with Crippen LogP contribution in [-0.2, 0) is 4.79 Å². The summed E-state index contributed by atoms with van der Waals surface area (Å²) in [7, 11) is 0. The summed E-state index contributed by atoms with van der Waals surface area (Å²) in [4.78, 5) is 16.9. The van der Waals surface area contributed by atoms with Gasteiger partial charge in [0, 0.05) is 42.7 Å². The number of aliphatic imine (C=N–C) groups is 1. The van der Waals surface area contributed by atoms with Gasteiger partial charge in [0.05, 0.1) is 0 Å². The number of amides is 1. The van der Waals surface area contributed by atoms with Gasteiger partial charge in [-0.25, -0.2) is 0 Å². The lowest BCUT2D eigenvalue weighted by atomic mass is 10.1. The minimum absolute atomic E-state index is 0. The van der Waals surface area contributed by atoms with Gasteiger partial charge in [-0.1, -0.05) is 25.1 Å². The summed E-state index contributed by atoms with van der Waals surface area (Å²) in [5.74, 6) is 0.968. The zero-order valence-electron chi connectivity index (χ0n) is 13.1. The van der Waals surface area contributed by atoms with Crippen LogP contribution in [0.3, 0.4) is 0 Å². The fraction of sp³-hybridized carbons (Fsp3) is 0.500. The van der Waals surface area contributed by atoms with E-state index in [4.69, 9.17) is 11.8 Å². The Morgan fingerprint density at radius 3 is 2.23 bits per heavy atom. The molecule has 0 saturated carbocycles. The standard InChI is InChI=1S/C6H6ClN.C6H11N.C4H7NO.ClH/c7-8-6-4-2-1-3-5-6;1-5-3-4-7-6(5)2;6-4-2-1-3-5-4;/h1-5,8H;5H,3-4H2,1-2H3;1-3H2,(H,5,6);1H. The molecule has 0 spiro atoms. The Bertz CT molecular complexity index is 444. The Morgan fingerprint density at radius 1 is 1.32 bits per heavy atom. The van der Waals surface area contributed by atoms with E-state index < -0.39 is 0 Å². The number of rotatable bonds is 1. The average Bonchev–Trinajstić information content (AvgIpc) is 3.13. The third-order valence-corrected chi connectivity index (χ3v) is 3.64. The van der Waals surface area contributed by atoms with Crippen LogP contribution in [0.25, 0.3) is 0 Å². The van der Waals surface area contributed by atoms with Gasteiger partial charge in [-0.2, -0.15) is 0 Å². The maximum absolute atomic E-state index is 10.1. The average molecular weight is 346 g/mol. The van der Waals surface area contributed by atoms with Gasteiger partial charge in [0.15, 0.2) is 0 Å². The maximum atomic E-state index is 10.1. The van der Waals surface area contributed by atoms with Crippen molar-refractivity contribution in [3.8, 4) is 0 Å². The van der Waals surface area contributed by atoms with E-state index in [-0.39, 0.29) is 18.3 Å². The van der Waals surface area contributed by atoms with Crippen LogP contribution in [0.15, 0.2) is 35.3 Å². The lowest BCUT2D eigenvalue weighted by Crippen LogP contribution is -2.12. The molecule has 4 nitrogen and oxygen atoms in total. The summed E-state index contributed by atoms with van der Waals surface area (Å²) in [5, 5.41) is 2.68. The van der Waals surface area contributed by atoms with Crippen molar-refractivity contribution in [1.29, 1.82) is 0 Å². The lowest BCUT2D eigenvalue weighted by molar-refractivity contribution is -0.119. The Hall–Kier alpha value is -1.26. The molecule has 2 heterocycles.